The van der Waals surface area contributed by atoms with Crippen LogP contribution >= 0.6 is 0 Å². The standard InChI is InChI=1S/C11H19N3O4/c1-2-12-9(15)3-4-13-11(18)14-6-8(7-14)5-10(16)17/h8H,2-7H2,1H3,(H,12,15)(H,13,18)(H,16,17). The number of nitrogens with one attached hydrogen (secondary N) is 2. The van der Waals surface area contributed by atoms with Crippen molar-refractivity contribution in [2.45, 2.75) is 19.8 Å². The van der Waals surface area contributed by atoms with E-state index >= 15 is 0 Å². The first-order valence-electron chi connectivity index (χ1n) is 6.04. The highest BCUT2D eigenvalue weighted by molar-refractivity contribution is 5.78. The van der Waals surface area contributed by atoms with Crippen LogP contribution in [0.3, 0.4) is 0 Å². The molecule has 3 amide bonds. The number of carbonyl (C=O) groups excluding carboxylic acids is 2. The van der Waals surface area contributed by atoms with Gasteiger partial charge in [0.2, 0.25) is 5.91 Å². The van der Waals surface area contributed by atoms with Crippen LogP contribution in [-0.2, 0) is 9.59 Å². The lowest BCUT2D eigenvalue weighted by atomic mass is 9.97. The number of carboxylic acid groups (broad SMARTS) is 1. The third-order valence-electron chi connectivity index (χ3n) is 2.71. The fraction of sp³-hybridized carbons (Fsp3) is 0.727. The number of likely N-dealkylation sites (tertiary alicyclic amines) is 1. The van der Waals surface area contributed by atoms with Gasteiger partial charge in [0, 0.05) is 38.5 Å². The zero-order valence-corrected chi connectivity index (χ0v) is 10.4. The van der Waals surface area contributed by atoms with Crippen molar-refractivity contribution in [2.24, 2.45) is 5.92 Å². The van der Waals surface area contributed by atoms with Crippen LogP contribution in [0.2, 0.25) is 0 Å². The van der Waals surface area contributed by atoms with Gasteiger partial charge in [0.1, 0.15) is 0 Å². The summed E-state index contributed by atoms with van der Waals surface area (Å²) in [5, 5.41) is 13.8. The Kier molecular flexibility index (Phi) is 5.41. The predicted molar refractivity (Wildman–Crippen MR) is 64.0 cm³/mol. The highest BCUT2D eigenvalue weighted by Gasteiger charge is 2.31. The van der Waals surface area contributed by atoms with Crippen LogP contribution < -0.4 is 10.6 Å². The van der Waals surface area contributed by atoms with Gasteiger partial charge < -0.3 is 20.6 Å². The second-order valence-corrected chi connectivity index (χ2v) is 4.30. The monoisotopic (exact) mass is 257 g/mol. The third-order valence-corrected chi connectivity index (χ3v) is 2.71. The average Bonchev–Trinajstić information content (AvgIpc) is 2.22. The number of urea groups is 1. The Morgan fingerprint density at radius 1 is 1.28 bits per heavy atom. The summed E-state index contributed by atoms with van der Waals surface area (Å²) in [6.07, 6.45) is 0.356. The number of carbonyl (C=O) groups is 3. The zero-order valence-electron chi connectivity index (χ0n) is 10.4. The summed E-state index contributed by atoms with van der Waals surface area (Å²) in [7, 11) is 0. The number of rotatable bonds is 6. The molecule has 1 saturated heterocycles. The highest BCUT2D eigenvalue weighted by atomic mass is 16.4. The van der Waals surface area contributed by atoms with E-state index in [-0.39, 0.29) is 30.7 Å². The topological polar surface area (TPSA) is 98.7 Å². The van der Waals surface area contributed by atoms with Crippen molar-refractivity contribution in [1.29, 1.82) is 0 Å². The van der Waals surface area contributed by atoms with Gasteiger partial charge in [-0.1, -0.05) is 0 Å². The summed E-state index contributed by atoms with van der Waals surface area (Å²) in [5.41, 5.74) is 0. The van der Waals surface area contributed by atoms with E-state index in [0.717, 1.165) is 0 Å². The Hall–Kier alpha value is -1.79. The summed E-state index contributed by atoms with van der Waals surface area (Å²) >= 11 is 0. The molecule has 0 saturated carbocycles. The van der Waals surface area contributed by atoms with Crippen LogP contribution in [0.5, 0.6) is 0 Å². The molecule has 3 N–H and O–H groups in total. The summed E-state index contributed by atoms with van der Waals surface area (Å²) in [6, 6.07) is -0.235. The van der Waals surface area contributed by atoms with Crippen molar-refractivity contribution >= 4 is 17.9 Å². The first-order chi connectivity index (χ1) is 8.52. The van der Waals surface area contributed by atoms with E-state index in [1.54, 1.807) is 4.90 Å². The van der Waals surface area contributed by atoms with Gasteiger partial charge in [0.25, 0.3) is 0 Å². The molecule has 1 rings (SSSR count). The van der Waals surface area contributed by atoms with Crippen molar-refractivity contribution in [3.63, 3.8) is 0 Å². The minimum Gasteiger partial charge on any atom is -0.481 e. The first-order valence-corrected chi connectivity index (χ1v) is 6.04. The molecule has 1 heterocycles. The van der Waals surface area contributed by atoms with E-state index in [2.05, 4.69) is 10.6 Å². The second kappa shape index (κ2) is 6.83. The molecule has 0 bridgehead atoms. The molecule has 0 aromatic rings. The molecule has 1 aliphatic heterocycles. The van der Waals surface area contributed by atoms with Crippen LogP contribution in [0.25, 0.3) is 0 Å². The number of amides is 3. The molecular weight excluding hydrogens is 238 g/mol. The fourth-order valence-electron chi connectivity index (χ4n) is 1.79. The second-order valence-electron chi connectivity index (χ2n) is 4.30. The van der Waals surface area contributed by atoms with E-state index in [4.69, 9.17) is 5.11 Å². The van der Waals surface area contributed by atoms with Gasteiger partial charge in [-0.15, -0.1) is 0 Å². The molecule has 18 heavy (non-hydrogen) atoms. The molecule has 7 nitrogen and oxygen atoms in total. The minimum absolute atomic E-state index is 0.0524. The van der Waals surface area contributed by atoms with Gasteiger partial charge >= 0.3 is 12.0 Å². The zero-order chi connectivity index (χ0) is 13.5. The molecule has 0 unspecified atom stereocenters. The Bertz CT molecular complexity index is 326. The summed E-state index contributed by atoms with van der Waals surface area (Å²) < 4.78 is 0. The van der Waals surface area contributed by atoms with Crippen molar-refractivity contribution in [2.75, 3.05) is 26.2 Å². The van der Waals surface area contributed by atoms with Crippen molar-refractivity contribution in [3.8, 4) is 0 Å². The number of carboxylic acids is 1. The molecule has 102 valence electrons. The van der Waals surface area contributed by atoms with Gasteiger partial charge in [-0.25, -0.2) is 4.79 Å². The summed E-state index contributed by atoms with van der Waals surface area (Å²) in [4.78, 5) is 34.6. The number of nitrogens with zero attached hydrogens (tertiary/aromatic N) is 1. The number of hydrogen-bond donors (Lipinski definition) is 3. The van der Waals surface area contributed by atoms with Gasteiger partial charge in [0.15, 0.2) is 0 Å². The predicted octanol–water partition coefficient (Wildman–Crippen LogP) is -0.371. The van der Waals surface area contributed by atoms with Crippen molar-refractivity contribution in [3.05, 3.63) is 0 Å². The number of aliphatic carboxylic acids is 1. The normalized spacial score (nSPS) is 14.8. The first kappa shape index (κ1) is 14.3. The van der Waals surface area contributed by atoms with Crippen LogP contribution in [0, 0.1) is 5.92 Å². The average molecular weight is 257 g/mol. The van der Waals surface area contributed by atoms with E-state index in [1.807, 2.05) is 6.92 Å². The van der Waals surface area contributed by atoms with Crippen LogP contribution in [0.4, 0.5) is 4.79 Å². The molecule has 1 aliphatic rings. The Morgan fingerprint density at radius 3 is 2.50 bits per heavy atom. The maximum atomic E-state index is 11.5. The fourth-order valence-corrected chi connectivity index (χ4v) is 1.79. The lowest BCUT2D eigenvalue weighted by Gasteiger charge is -2.38. The van der Waals surface area contributed by atoms with Crippen LogP contribution in [0.1, 0.15) is 19.8 Å². The highest BCUT2D eigenvalue weighted by Crippen LogP contribution is 2.18. The Balaban J connectivity index is 2.09. The van der Waals surface area contributed by atoms with Crippen molar-refractivity contribution < 1.29 is 19.5 Å². The minimum atomic E-state index is -0.837. The maximum absolute atomic E-state index is 11.5. The molecule has 7 heteroatoms. The van der Waals surface area contributed by atoms with Crippen molar-refractivity contribution in [1.82, 2.24) is 15.5 Å². The Morgan fingerprint density at radius 2 is 1.94 bits per heavy atom. The smallest absolute Gasteiger partial charge is 0.317 e. The van der Waals surface area contributed by atoms with E-state index < -0.39 is 5.97 Å². The van der Waals surface area contributed by atoms with Gasteiger partial charge in [-0.2, -0.15) is 0 Å². The molecule has 0 atom stereocenters. The lowest BCUT2D eigenvalue weighted by molar-refractivity contribution is -0.139. The largest absolute Gasteiger partial charge is 0.481 e. The molecule has 1 fully saturated rings. The molecule has 0 aromatic heterocycles. The number of hydrogen-bond acceptors (Lipinski definition) is 3. The molecule has 0 spiro atoms. The lowest BCUT2D eigenvalue weighted by Crippen LogP contribution is -2.54. The van der Waals surface area contributed by atoms with Gasteiger partial charge in [-0.3, -0.25) is 9.59 Å². The summed E-state index contributed by atoms with van der Waals surface area (Å²) in [6.45, 7) is 3.65. The van der Waals surface area contributed by atoms with E-state index in [0.29, 0.717) is 26.2 Å². The van der Waals surface area contributed by atoms with Crippen LogP contribution in [-0.4, -0.2) is 54.1 Å². The molecular formula is C11H19N3O4. The SMILES string of the molecule is CCNC(=O)CCNC(=O)N1CC(CC(=O)O)C1. The van der Waals surface area contributed by atoms with Gasteiger partial charge in [-0.05, 0) is 6.92 Å². The Labute approximate surface area is 106 Å². The molecule has 0 radical (unpaired) electrons. The quantitative estimate of drug-likeness (QED) is 0.604. The van der Waals surface area contributed by atoms with Crippen LogP contribution in [0.15, 0.2) is 0 Å². The molecule has 0 aliphatic carbocycles. The third kappa shape index (κ3) is 4.60. The summed E-state index contributed by atoms with van der Waals surface area (Å²) in [5.74, 6) is -0.877. The van der Waals surface area contributed by atoms with E-state index in [1.165, 1.54) is 0 Å². The maximum Gasteiger partial charge on any atom is 0.317 e. The van der Waals surface area contributed by atoms with E-state index in [9.17, 15) is 14.4 Å². The molecule has 0 aromatic carbocycles. The van der Waals surface area contributed by atoms with Gasteiger partial charge in [0.05, 0.1) is 6.42 Å².